The van der Waals surface area contributed by atoms with Gasteiger partial charge >= 0.3 is 0 Å². The molecule has 0 aliphatic heterocycles. The average molecular weight is 282 g/mol. The van der Waals surface area contributed by atoms with E-state index in [9.17, 15) is 0 Å². The van der Waals surface area contributed by atoms with E-state index in [4.69, 9.17) is 22.1 Å². The summed E-state index contributed by atoms with van der Waals surface area (Å²) < 4.78 is 5.87. The predicted molar refractivity (Wildman–Crippen MR) is 80.6 cm³/mol. The molecule has 3 heteroatoms. The van der Waals surface area contributed by atoms with Crippen LogP contribution in [0.4, 0.5) is 0 Å². The molecular formula is C16H24ClNO. The van der Waals surface area contributed by atoms with Crippen molar-refractivity contribution in [2.45, 2.75) is 56.6 Å². The van der Waals surface area contributed by atoms with E-state index in [0.717, 1.165) is 24.3 Å². The summed E-state index contributed by atoms with van der Waals surface area (Å²) >= 11 is 5.92. The Hall–Kier alpha value is -0.570. The van der Waals surface area contributed by atoms with Crippen LogP contribution in [0, 0.1) is 0 Å². The summed E-state index contributed by atoms with van der Waals surface area (Å²) in [4.78, 5) is 0. The van der Waals surface area contributed by atoms with E-state index in [1.54, 1.807) is 0 Å². The third-order valence-corrected chi connectivity index (χ3v) is 4.65. The number of nitrogens with two attached hydrogens (primary N) is 1. The normalized spacial score (nSPS) is 20.8. The van der Waals surface area contributed by atoms with Crippen molar-refractivity contribution in [2.75, 3.05) is 7.11 Å². The molecule has 106 valence electrons. The summed E-state index contributed by atoms with van der Waals surface area (Å²) in [6.45, 7) is 0. The van der Waals surface area contributed by atoms with Crippen molar-refractivity contribution in [2.24, 2.45) is 5.73 Å². The molecule has 0 spiro atoms. The summed E-state index contributed by atoms with van der Waals surface area (Å²) in [5, 5.41) is 0.772. The first-order valence-electron chi connectivity index (χ1n) is 7.21. The van der Waals surface area contributed by atoms with Gasteiger partial charge in [0.25, 0.3) is 0 Å². The van der Waals surface area contributed by atoms with Gasteiger partial charge in [-0.1, -0.05) is 49.4 Å². The predicted octanol–water partition coefficient (Wildman–Crippen LogP) is 3.95. The van der Waals surface area contributed by atoms with Crippen molar-refractivity contribution < 1.29 is 4.74 Å². The maximum absolute atomic E-state index is 6.48. The monoisotopic (exact) mass is 281 g/mol. The Morgan fingerprint density at radius 2 is 1.74 bits per heavy atom. The van der Waals surface area contributed by atoms with E-state index in [2.05, 4.69) is 12.1 Å². The summed E-state index contributed by atoms with van der Waals surface area (Å²) in [5.41, 5.74) is 7.57. The van der Waals surface area contributed by atoms with Crippen LogP contribution in [0.2, 0.25) is 5.02 Å². The molecule has 1 aliphatic rings. The van der Waals surface area contributed by atoms with Gasteiger partial charge in [0.2, 0.25) is 0 Å². The van der Waals surface area contributed by atoms with E-state index in [1.807, 2.05) is 19.2 Å². The zero-order valence-corrected chi connectivity index (χ0v) is 12.5. The molecule has 0 radical (unpaired) electrons. The van der Waals surface area contributed by atoms with Crippen LogP contribution in [0.3, 0.4) is 0 Å². The smallest absolute Gasteiger partial charge is 0.0832 e. The van der Waals surface area contributed by atoms with Crippen LogP contribution in [0.15, 0.2) is 24.3 Å². The standard InChI is InChI=1S/C16H24ClNO/c1-19-16(10-4-2-3-5-11-16)15(18)12-13-6-8-14(17)9-7-13/h6-9,15H,2-5,10-12,18H2,1H3. The molecule has 2 rings (SSSR count). The second kappa shape index (κ2) is 6.74. The van der Waals surface area contributed by atoms with Crippen molar-refractivity contribution in [3.63, 3.8) is 0 Å². The minimum absolute atomic E-state index is 0.0526. The summed E-state index contributed by atoms with van der Waals surface area (Å²) in [5.74, 6) is 0. The quantitative estimate of drug-likeness (QED) is 0.848. The Labute approximate surface area is 121 Å². The summed E-state index contributed by atoms with van der Waals surface area (Å²) in [7, 11) is 1.81. The van der Waals surface area contributed by atoms with E-state index < -0.39 is 0 Å². The first kappa shape index (κ1) is 14.8. The lowest BCUT2D eigenvalue weighted by Crippen LogP contribution is -2.50. The lowest BCUT2D eigenvalue weighted by molar-refractivity contribution is -0.0430. The minimum atomic E-state index is -0.143. The van der Waals surface area contributed by atoms with E-state index in [1.165, 1.54) is 31.2 Å². The van der Waals surface area contributed by atoms with Crippen LogP contribution in [0.25, 0.3) is 0 Å². The average Bonchev–Trinajstić information content (AvgIpc) is 2.67. The first-order chi connectivity index (χ1) is 9.16. The lowest BCUT2D eigenvalue weighted by atomic mass is 9.83. The highest BCUT2D eigenvalue weighted by molar-refractivity contribution is 6.30. The number of methoxy groups -OCH3 is 1. The zero-order chi connectivity index (χ0) is 13.7. The molecule has 0 heterocycles. The molecule has 1 aliphatic carbocycles. The second-order valence-electron chi connectivity index (χ2n) is 5.62. The van der Waals surface area contributed by atoms with Crippen LogP contribution in [-0.4, -0.2) is 18.8 Å². The van der Waals surface area contributed by atoms with Gasteiger partial charge in [-0.2, -0.15) is 0 Å². The molecule has 0 bridgehead atoms. The van der Waals surface area contributed by atoms with Gasteiger partial charge in [0.05, 0.1) is 5.60 Å². The van der Waals surface area contributed by atoms with Crippen molar-refractivity contribution in [1.29, 1.82) is 0 Å². The number of halogens is 1. The van der Waals surface area contributed by atoms with Gasteiger partial charge in [0.15, 0.2) is 0 Å². The lowest BCUT2D eigenvalue weighted by Gasteiger charge is -2.37. The van der Waals surface area contributed by atoms with Crippen LogP contribution >= 0.6 is 11.6 Å². The largest absolute Gasteiger partial charge is 0.377 e. The van der Waals surface area contributed by atoms with Crippen LogP contribution in [0.5, 0.6) is 0 Å². The molecule has 0 amide bonds. The fourth-order valence-electron chi connectivity index (χ4n) is 3.11. The first-order valence-corrected chi connectivity index (χ1v) is 7.59. The van der Waals surface area contributed by atoms with E-state index in [0.29, 0.717) is 0 Å². The Morgan fingerprint density at radius 1 is 1.16 bits per heavy atom. The molecule has 19 heavy (non-hydrogen) atoms. The SMILES string of the molecule is COC1(C(N)Cc2ccc(Cl)cc2)CCCCCC1. The number of hydrogen-bond acceptors (Lipinski definition) is 2. The number of hydrogen-bond donors (Lipinski definition) is 1. The highest BCUT2D eigenvalue weighted by Crippen LogP contribution is 2.33. The Balaban J connectivity index is 2.07. The van der Waals surface area contributed by atoms with E-state index >= 15 is 0 Å². The van der Waals surface area contributed by atoms with Crippen molar-refractivity contribution in [3.05, 3.63) is 34.9 Å². The molecule has 1 aromatic carbocycles. The maximum Gasteiger partial charge on any atom is 0.0832 e. The molecule has 1 aromatic rings. The molecule has 0 aromatic heterocycles. The van der Waals surface area contributed by atoms with Crippen LogP contribution < -0.4 is 5.73 Å². The molecular weight excluding hydrogens is 258 g/mol. The second-order valence-corrected chi connectivity index (χ2v) is 6.06. The van der Waals surface area contributed by atoms with Gasteiger partial charge in [0.1, 0.15) is 0 Å². The van der Waals surface area contributed by atoms with Crippen LogP contribution in [0.1, 0.15) is 44.1 Å². The third-order valence-electron chi connectivity index (χ3n) is 4.40. The van der Waals surface area contributed by atoms with Crippen LogP contribution in [-0.2, 0) is 11.2 Å². The van der Waals surface area contributed by atoms with Crippen molar-refractivity contribution in [1.82, 2.24) is 0 Å². The van der Waals surface area contributed by atoms with Gasteiger partial charge < -0.3 is 10.5 Å². The Bertz CT molecular complexity index is 382. The topological polar surface area (TPSA) is 35.2 Å². The fraction of sp³-hybridized carbons (Fsp3) is 0.625. The molecule has 2 nitrogen and oxygen atoms in total. The highest BCUT2D eigenvalue weighted by atomic mass is 35.5. The molecule has 0 saturated heterocycles. The fourth-order valence-corrected chi connectivity index (χ4v) is 3.24. The van der Waals surface area contributed by atoms with E-state index in [-0.39, 0.29) is 11.6 Å². The molecule has 1 fully saturated rings. The number of benzene rings is 1. The Morgan fingerprint density at radius 3 is 2.26 bits per heavy atom. The Kier molecular flexibility index (Phi) is 5.26. The molecule has 1 unspecified atom stereocenters. The third kappa shape index (κ3) is 3.71. The van der Waals surface area contributed by atoms with Gasteiger partial charge in [0, 0.05) is 18.2 Å². The van der Waals surface area contributed by atoms with Crippen molar-refractivity contribution in [3.8, 4) is 0 Å². The number of rotatable bonds is 4. The highest BCUT2D eigenvalue weighted by Gasteiger charge is 2.36. The zero-order valence-electron chi connectivity index (χ0n) is 11.7. The summed E-state index contributed by atoms with van der Waals surface area (Å²) in [6.07, 6.45) is 8.07. The minimum Gasteiger partial charge on any atom is -0.377 e. The van der Waals surface area contributed by atoms with Crippen molar-refractivity contribution >= 4 is 11.6 Å². The van der Waals surface area contributed by atoms with Gasteiger partial charge in [-0.05, 0) is 37.0 Å². The molecule has 1 saturated carbocycles. The number of ether oxygens (including phenoxy) is 1. The molecule has 2 N–H and O–H groups in total. The molecule has 1 atom stereocenters. The van der Waals surface area contributed by atoms with Gasteiger partial charge in [-0.3, -0.25) is 0 Å². The van der Waals surface area contributed by atoms with Gasteiger partial charge in [-0.25, -0.2) is 0 Å². The van der Waals surface area contributed by atoms with Gasteiger partial charge in [-0.15, -0.1) is 0 Å². The summed E-state index contributed by atoms with van der Waals surface area (Å²) in [6, 6.07) is 8.02. The maximum atomic E-state index is 6.48.